The maximum atomic E-state index is 11.9. The number of carbonyl (C=O) groups excluding carboxylic acids is 2. The third-order valence-corrected chi connectivity index (χ3v) is 3.56. The molecule has 0 atom stereocenters. The predicted molar refractivity (Wildman–Crippen MR) is 90.1 cm³/mol. The Kier molecular flexibility index (Phi) is 4.89. The van der Waals surface area contributed by atoms with E-state index in [1.165, 1.54) is 0 Å². The molecule has 0 spiro atoms. The fourth-order valence-electron chi connectivity index (χ4n) is 1.73. The number of amides is 2. The molecular formula is C15H14IN3O2. The summed E-state index contributed by atoms with van der Waals surface area (Å²) < 4.78 is 1.07. The first-order valence-electron chi connectivity index (χ1n) is 6.27. The van der Waals surface area contributed by atoms with Crippen LogP contribution >= 0.6 is 22.6 Å². The average molecular weight is 395 g/mol. The van der Waals surface area contributed by atoms with E-state index in [9.17, 15) is 9.59 Å². The van der Waals surface area contributed by atoms with Crippen LogP contribution in [-0.4, -0.2) is 16.8 Å². The van der Waals surface area contributed by atoms with E-state index < -0.39 is 11.8 Å². The van der Waals surface area contributed by atoms with E-state index in [-0.39, 0.29) is 0 Å². The van der Waals surface area contributed by atoms with Gasteiger partial charge in [-0.05, 0) is 71.8 Å². The van der Waals surface area contributed by atoms with Gasteiger partial charge in [-0.3, -0.25) is 9.59 Å². The van der Waals surface area contributed by atoms with Gasteiger partial charge in [0.25, 0.3) is 0 Å². The third-order valence-electron chi connectivity index (χ3n) is 2.88. The number of hydrogen-bond donors (Lipinski definition) is 2. The molecule has 0 unspecified atom stereocenters. The lowest BCUT2D eigenvalue weighted by Crippen LogP contribution is -2.30. The van der Waals surface area contributed by atoms with Gasteiger partial charge < -0.3 is 10.6 Å². The lowest BCUT2D eigenvalue weighted by molar-refractivity contribution is -0.133. The molecule has 2 amide bonds. The molecule has 1 heterocycles. The van der Waals surface area contributed by atoms with Gasteiger partial charge in [-0.25, -0.2) is 4.98 Å². The topological polar surface area (TPSA) is 71.1 Å². The zero-order valence-electron chi connectivity index (χ0n) is 11.6. The summed E-state index contributed by atoms with van der Waals surface area (Å²) in [6, 6.07) is 9.14. The molecular weight excluding hydrogens is 381 g/mol. The summed E-state index contributed by atoms with van der Waals surface area (Å²) in [5.41, 5.74) is 2.31. The normalized spacial score (nSPS) is 10.0. The second kappa shape index (κ2) is 6.66. The van der Waals surface area contributed by atoms with Crippen LogP contribution in [0.2, 0.25) is 0 Å². The zero-order chi connectivity index (χ0) is 15.4. The van der Waals surface area contributed by atoms with Crippen molar-refractivity contribution in [3.8, 4) is 0 Å². The van der Waals surface area contributed by atoms with Gasteiger partial charge in [-0.1, -0.05) is 6.07 Å². The minimum atomic E-state index is -0.741. The number of pyridine rings is 1. The van der Waals surface area contributed by atoms with Crippen molar-refractivity contribution in [2.24, 2.45) is 0 Å². The van der Waals surface area contributed by atoms with Crippen molar-refractivity contribution < 1.29 is 9.59 Å². The Labute approximate surface area is 136 Å². The van der Waals surface area contributed by atoms with Crippen molar-refractivity contribution >= 4 is 45.9 Å². The number of nitrogens with zero attached hydrogens (tertiary/aromatic N) is 1. The minimum Gasteiger partial charge on any atom is -0.318 e. The van der Waals surface area contributed by atoms with Crippen molar-refractivity contribution in [2.75, 3.05) is 10.6 Å². The van der Waals surface area contributed by atoms with Gasteiger partial charge in [0.05, 0.1) is 0 Å². The molecule has 21 heavy (non-hydrogen) atoms. The Bertz CT molecular complexity index is 701. The zero-order valence-corrected chi connectivity index (χ0v) is 13.8. The first kappa shape index (κ1) is 15.4. The van der Waals surface area contributed by atoms with Gasteiger partial charge in [0.1, 0.15) is 5.82 Å². The second-order valence-corrected chi connectivity index (χ2v) is 5.78. The molecule has 0 aliphatic rings. The Hall–Kier alpha value is -1.96. The van der Waals surface area contributed by atoms with Crippen LogP contribution in [0.15, 0.2) is 36.5 Å². The van der Waals surface area contributed by atoms with Crippen LogP contribution in [0.3, 0.4) is 0 Å². The molecule has 0 aliphatic carbocycles. The number of hydrogen-bond acceptors (Lipinski definition) is 3. The highest BCUT2D eigenvalue weighted by Crippen LogP contribution is 2.17. The van der Waals surface area contributed by atoms with Crippen LogP contribution in [0.25, 0.3) is 0 Å². The van der Waals surface area contributed by atoms with E-state index in [1.54, 1.807) is 18.3 Å². The van der Waals surface area contributed by atoms with Crippen molar-refractivity contribution in [3.05, 3.63) is 51.2 Å². The van der Waals surface area contributed by atoms with Gasteiger partial charge in [0, 0.05) is 15.5 Å². The number of carbonyl (C=O) groups is 2. The molecule has 0 fully saturated rings. The SMILES string of the molecule is Cc1cc(I)ccc1NC(=O)C(=O)Nc1ncccc1C. The number of anilines is 2. The first-order chi connectivity index (χ1) is 9.97. The summed E-state index contributed by atoms with van der Waals surface area (Å²) in [6.45, 7) is 3.68. The van der Waals surface area contributed by atoms with Crippen LogP contribution in [0, 0.1) is 17.4 Å². The monoisotopic (exact) mass is 395 g/mol. The largest absolute Gasteiger partial charge is 0.318 e. The molecule has 0 saturated heterocycles. The molecule has 2 rings (SSSR count). The number of benzene rings is 1. The number of aryl methyl sites for hydroxylation is 2. The molecule has 6 heteroatoms. The molecule has 2 aromatic rings. The highest BCUT2D eigenvalue weighted by atomic mass is 127. The standard InChI is InChI=1S/C15H14IN3O2/c1-9-4-3-7-17-13(9)19-15(21)14(20)18-12-6-5-11(16)8-10(12)2/h3-8H,1-2H3,(H,18,20)(H,17,19,21). The van der Waals surface area contributed by atoms with Crippen LogP contribution in [0.1, 0.15) is 11.1 Å². The number of halogens is 1. The second-order valence-electron chi connectivity index (χ2n) is 4.54. The van der Waals surface area contributed by atoms with E-state index in [0.29, 0.717) is 11.5 Å². The van der Waals surface area contributed by atoms with Crippen LogP contribution in [0.4, 0.5) is 11.5 Å². The molecule has 0 bridgehead atoms. The van der Waals surface area contributed by atoms with Gasteiger partial charge >= 0.3 is 11.8 Å². The molecule has 0 aliphatic heterocycles. The predicted octanol–water partition coefficient (Wildman–Crippen LogP) is 2.88. The molecule has 0 radical (unpaired) electrons. The van der Waals surface area contributed by atoms with E-state index in [2.05, 4.69) is 38.2 Å². The highest BCUT2D eigenvalue weighted by molar-refractivity contribution is 14.1. The first-order valence-corrected chi connectivity index (χ1v) is 7.35. The average Bonchev–Trinajstić information content (AvgIpc) is 2.44. The van der Waals surface area contributed by atoms with Crippen LogP contribution in [0.5, 0.6) is 0 Å². The number of nitrogens with one attached hydrogen (secondary N) is 2. The van der Waals surface area contributed by atoms with Crippen LogP contribution in [-0.2, 0) is 9.59 Å². The third kappa shape index (κ3) is 4.01. The summed E-state index contributed by atoms with van der Waals surface area (Å²) in [4.78, 5) is 27.8. The Morgan fingerprint density at radius 3 is 2.43 bits per heavy atom. The minimum absolute atomic E-state index is 0.386. The van der Waals surface area contributed by atoms with Gasteiger partial charge in [0.2, 0.25) is 0 Å². The smallest absolute Gasteiger partial charge is 0.315 e. The molecule has 2 N–H and O–H groups in total. The Morgan fingerprint density at radius 1 is 1.05 bits per heavy atom. The summed E-state index contributed by atoms with van der Waals surface area (Å²) in [5, 5.41) is 5.09. The van der Waals surface area contributed by atoms with E-state index in [4.69, 9.17) is 0 Å². The molecule has 0 saturated carbocycles. The molecule has 1 aromatic carbocycles. The maximum absolute atomic E-state index is 11.9. The fourth-order valence-corrected chi connectivity index (χ4v) is 2.37. The molecule has 108 valence electrons. The van der Waals surface area contributed by atoms with Gasteiger partial charge in [-0.15, -0.1) is 0 Å². The van der Waals surface area contributed by atoms with Crippen molar-refractivity contribution in [2.45, 2.75) is 13.8 Å². The van der Waals surface area contributed by atoms with Crippen molar-refractivity contribution in [1.29, 1.82) is 0 Å². The number of aromatic nitrogens is 1. The summed E-state index contributed by atoms with van der Waals surface area (Å²) in [5.74, 6) is -1.07. The van der Waals surface area contributed by atoms with E-state index >= 15 is 0 Å². The Balaban J connectivity index is 2.06. The fraction of sp³-hybridized carbons (Fsp3) is 0.133. The van der Waals surface area contributed by atoms with E-state index in [0.717, 1.165) is 14.7 Å². The Morgan fingerprint density at radius 2 is 1.76 bits per heavy atom. The number of rotatable bonds is 2. The van der Waals surface area contributed by atoms with Crippen LogP contribution < -0.4 is 10.6 Å². The molecule has 1 aromatic heterocycles. The summed E-state index contributed by atoms with van der Waals surface area (Å²) in [6.07, 6.45) is 1.56. The van der Waals surface area contributed by atoms with Crippen molar-refractivity contribution in [1.82, 2.24) is 4.98 Å². The lowest BCUT2D eigenvalue weighted by atomic mass is 10.2. The molecule has 5 nitrogen and oxygen atoms in total. The highest BCUT2D eigenvalue weighted by Gasteiger charge is 2.16. The summed E-state index contributed by atoms with van der Waals surface area (Å²) in [7, 11) is 0. The van der Waals surface area contributed by atoms with Crippen molar-refractivity contribution in [3.63, 3.8) is 0 Å². The summed E-state index contributed by atoms with van der Waals surface area (Å²) >= 11 is 2.19. The van der Waals surface area contributed by atoms with Gasteiger partial charge in [0.15, 0.2) is 0 Å². The van der Waals surface area contributed by atoms with E-state index in [1.807, 2.05) is 32.0 Å². The lowest BCUT2D eigenvalue weighted by Gasteiger charge is -2.09. The maximum Gasteiger partial charge on any atom is 0.315 e. The quantitative estimate of drug-likeness (QED) is 0.607. The van der Waals surface area contributed by atoms with Gasteiger partial charge in [-0.2, -0.15) is 0 Å².